The molecule has 158 valence electrons. The first kappa shape index (κ1) is 19.6. The predicted octanol–water partition coefficient (Wildman–Crippen LogP) is 3.56. The molecule has 29 heavy (non-hydrogen) atoms. The van der Waals surface area contributed by atoms with Crippen molar-refractivity contribution in [2.24, 2.45) is 23.2 Å². The highest BCUT2D eigenvalue weighted by Gasteiger charge is 2.51. The number of amides is 1. The summed E-state index contributed by atoms with van der Waals surface area (Å²) in [4.78, 5) is 15.4. The van der Waals surface area contributed by atoms with Gasteiger partial charge in [0.1, 0.15) is 0 Å². The molecule has 1 saturated heterocycles. The van der Waals surface area contributed by atoms with Gasteiger partial charge in [-0.1, -0.05) is 18.2 Å². The number of sulfonamides is 1. The number of carbonyl (C=O) groups is 1. The lowest BCUT2D eigenvalue weighted by Crippen LogP contribution is -2.50. The summed E-state index contributed by atoms with van der Waals surface area (Å²) < 4.78 is 27.9. The maximum atomic E-state index is 13.1. The van der Waals surface area contributed by atoms with E-state index in [1.165, 1.54) is 38.5 Å². The number of piperidine rings is 1. The van der Waals surface area contributed by atoms with Gasteiger partial charge >= 0.3 is 0 Å². The van der Waals surface area contributed by atoms with E-state index in [2.05, 4.69) is 4.72 Å². The molecule has 5 fully saturated rings. The zero-order valence-corrected chi connectivity index (χ0v) is 17.9. The Hall–Kier alpha value is -1.40. The number of likely N-dealkylation sites (tertiary alicyclic amines) is 1. The van der Waals surface area contributed by atoms with Gasteiger partial charge in [0, 0.05) is 25.6 Å². The van der Waals surface area contributed by atoms with Gasteiger partial charge in [0.2, 0.25) is 15.9 Å². The van der Waals surface area contributed by atoms with Crippen LogP contribution >= 0.6 is 0 Å². The van der Waals surface area contributed by atoms with E-state index in [0.717, 1.165) is 24.2 Å². The molecule has 4 aliphatic carbocycles. The highest BCUT2D eigenvalue weighted by Crippen LogP contribution is 2.61. The summed E-state index contributed by atoms with van der Waals surface area (Å²) in [5.74, 6) is 2.91. The van der Waals surface area contributed by atoms with E-state index in [-0.39, 0.29) is 11.5 Å². The Morgan fingerprint density at radius 1 is 0.966 bits per heavy atom. The molecule has 5 aliphatic rings. The summed E-state index contributed by atoms with van der Waals surface area (Å²) >= 11 is 0. The van der Waals surface area contributed by atoms with Gasteiger partial charge in [0.05, 0.1) is 4.90 Å². The Bertz CT molecular complexity index is 824. The van der Waals surface area contributed by atoms with Gasteiger partial charge < -0.3 is 4.90 Å². The van der Waals surface area contributed by atoms with Crippen molar-refractivity contribution in [2.75, 3.05) is 13.1 Å². The minimum Gasteiger partial charge on any atom is -0.343 e. The number of hydrogen-bond acceptors (Lipinski definition) is 3. The lowest BCUT2D eigenvalue weighted by atomic mass is 9.49. The van der Waals surface area contributed by atoms with E-state index in [9.17, 15) is 13.2 Å². The lowest BCUT2D eigenvalue weighted by Gasteiger charge is -2.57. The molecule has 0 spiro atoms. The fourth-order valence-corrected chi connectivity index (χ4v) is 8.40. The highest BCUT2D eigenvalue weighted by molar-refractivity contribution is 7.89. The SMILES string of the molecule is O=C(CC12CC3CC(CC(C3)C1)C2)N1CCC(NS(=O)(=O)c2ccccc2)CC1. The van der Waals surface area contributed by atoms with Gasteiger partial charge in [0.25, 0.3) is 0 Å². The first-order valence-electron chi connectivity index (χ1n) is 11.3. The Kier molecular flexibility index (Phi) is 4.98. The largest absolute Gasteiger partial charge is 0.343 e. The third kappa shape index (κ3) is 3.98. The molecule has 0 radical (unpaired) electrons. The third-order valence-corrected chi connectivity index (χ3v) is 9.45. The van der Waals surface area contributed by atoms with Crippen LogP contribution in [0.5, 0.6) is 0 Å². The molecule has 1 aromatic carbocycles. The minimum absolute atomic E-state index is 0.0937. The zero-order valence-electron chi connectivity index (χ0n) is 17.1. The van der Waals surface area contributed by atoms with Crippen LogP contribution in [0.2, 0.25) is 0 Å². The minimum atomic E-state index is -3.49. The summed E-state index contributed by atoms with van der Waals surface area (Å²) in [6, 6.07) is 8.43. The molecule has 1 N–H and O–H groups in total. The average Bonchev–Trinajstić information content (AvgIpc) is 2.67. The molecule has 4 bridgehead atoms. The molecule has 6 rings (SSSR count). The molecule has 0 unspecified atom stereocenters. The van der Waals surface area contributed by atoms with Gasteiger partial charge in [0.15, 0.2) is 0 Å². The number of benzene rings is 1. The van der Waals surface area contributed by atoms with E-state index in [1.807, 2.05) is 11.0 Å². The zero-order chi connectivity index (χ0) is 20.1. The number of carbonyl (C=O) groups excluding carboxylic acids is 1. The smallest absolute Gasteiger partial charge is 0.240 e. The van der Waals surface area contributed by atoms with E-state index in [1.54, 1.807) is 24.3 Å². The standard InChI is InChI=1S/C23H32N2O3S/c26-22(16-23-13-17-10-18(14-23)12-19(11-17)15-23)25-8-6-20(7-9-25)24-29(27,28)21-4-2-1-3-5-21/h1-5,17-20,24H,6-16H2. The highest BCUT2D eigenvalue weighted by atomic mass is 32.2. The predicted molar refractivity (Wildman–Crippen MR) is 112 cm³/mol. The van der Waals surface area contributed by atoms with Crippen molar-refractivity contribution in [1.29, 1.82) is 0 Å². The van der Waals surface area contributed by atoms with Crippen LogP contribution < -0.4 is 4.72 Å². The molecule has 1 amide bonds. The van der Waals surface area contributed by atoms with Crippen molar-refractivity contribution >= 4 is 15.9 Å². The van der Waals surface area contributed by atoms with Crippen LogP contribution in [0.3, 0.4) is 0 Å². The number of nitrogens with zero attached hydrogens (tertiary/aromatic N) is 1. The van der Waals surface area contributed by atoms with E-state index < -0.39 is 10.0 Å². The fraction of sp³-hybridized carbons (Fsp3) is 0.696. The third-order valence-electron chi connectivity index (χ3n) is 7.91. The second-order valence-electron chi connectivity index (χ2n) is 10.2. The Labute approximate surface area is 174 Å². The first-order chi connectivity index (χ1) is 13.9. The van der Waals surface area contributed by atoms with Gasteiger partial charge in [-0.25, -0.2) is 13.1 Å². The van der Waals surface area contributed by atoms with Crippen molar-refractivity contribution in [3.05, 3.63) is 30.3 Å². The maximum Gasteiger partial charge on any atom is 0.240 e. The van der Waals surface area contributed by atoms with Crippen LogP contribution in [0.1, 0.15) is 57.8 Å². The molecule has 4 saturated carbocycles. The molecule has 1 aliphatic heterocycles. The Morgan fingerprint density at radius 2 is 1.52 bits per heavy atom. The van der Waals surface area contributed by atoms with Crippen molar-refractivity contribution in [3.63, 3.8) is 0 Å². The Morgan fingerprint density at radius 3 is 2.07 bits per heavy atom. The Balaban J connectivity index is 1.16. The molecule has 0 aromatic heterocycles. The second-order valence-corrected chi connectivity index (χ2v) is 11.9. The number of rotatable bonds is 5. The maximum absolute atomic E-state index is 13.1. The van der Waals surface area contributed by atoms with Crippen LogP contribution in [0.15, 0.2) is 35.2 Å². The van der Waals surface area contributed by atoms with Gasteiger partial charge in [-0.05, 0) is 86.7 Å². The van der Waals surface area contributed by atoms with Crippen LogP contribution in [0.25, 0.3) is 0 Å². The van der Waals surface area contributed by atoms with Gasteiger partial charge in [-0.2, -0.15) is 0 Å². The fourth-order valence-electron chi connectivity index (χ4n) is 7.07. The van der Waals surface area contributed by atoms with Crippen molar-refractivity contribution in [1.82, 2.24) is 9.62 Å². The quantitative estimate of drug-likeness (QED) is 0.798. The number of hydrogen-bond donors (Lipinski definition) is 1. The van der Waals surface area contributed by atoms with Crippen molar-refractivity contribution in [2.45, 2.75) is 68.7 Å². The summed E-state index contributed by atoms with van der Waals surface area (Å²) in [5, 5.41) is 0. The summed E-state index contributed by atoms with van der Waals surface area (Å²) in [7, 11) is -3.49. The van der Waals surface area contributed by atoms with Gasteiger partial charge in [-0.3, -0.25) is 4.79 Å². The summed E-state index contributed by atoms with van der Waals surface area (Å²) in [5.41, 5.74) is 0.275. The molecule has 6 heteroatoms. The van der Waals surface area contributed by atoms with Gasteiger partial charge in [-0.15, -0.1) is 0 Å². The van der Waals surface area contributed by atoms with Crippen LogP contribution in [-0.4, -0.2) is 38.4 Å². The number of nitrogens with one attached hydrogen (secondary N) is 1. The van der Waals surface area contributed by atoms with Crippen molar-refractivity contribution < 1.29 is 13.2 Å². The molecule has 5 nitrogen and oxygen atoms in total. The van der Waals surface area contributed by atoms with Crippen molar-refractivity contribution in [3.8, 4) is 0 Å². The van der Waals surface area contributed by atoms with Crippen LogP contribution in [0, 0.1) is 23.2 Å². The summed E-state index contributed by atoms with van der Waals surface area (Å²) in [6.45, 7) is 1.32. The second kappa shape index (κ2) is 7.38. The van der Waals surface area contributed by atoms with Crippen LogP contribution in [0.4, 0.5) is 0 Å². The molecular formula is C23H32N2O3S. The van der Waals surface area contributed by atoms with E-state index in [4.69, 9.17) is 0 Å². The monoisotopic (exact) mass is 416 g/mol. The molecule has 0 atom stereocenters. The normalized spacial score (nSPS) is 34.5. The molecule has 1 heterocycles. The average molecular weight is 417 g/mol. The molecule has 1 aromatic rings. The lowest BCUT2D eigenvalue weighted by molar-refractivity contribution is -0.140. The topological polar surface area (TPSA) is 66.5 Å². The van der Waals surface area contributed by atoms with E-state index in [0.29, 0.717) is 36.7 Å². The first-order valence-corrected chi connectivity index (χ1v) is 12.7. The summed E-state index contributed by atoms with van der Waals surface area (Å²) in [6.07, 6.45) is 10.1. The van der Waals surface area contributed by atoms with Crippen LogP contribution in [-0.2, 0) is 14.8 Å². The van der Waals surface area contributed by atoms with E-state index >= 15 is 0 Å². The molecular weight excluding hydrogens is 384 g/mol.